The third-order valence-corrected chi connectivity index (χ3v) is 9.41. The van der Waals surface area contributed by atoms with Gasteiger partial charge in [0.1, 0.15) is 0 Å². The molecular formula is C12H30O15P4. The Morgan fingerprint density at radius 3 is 1.29 bits per heavy atom. The minimum atomic E-state index is -5.28. The molecule has 0 aliphatic heterocycles. The molecule has 0 fully saturated rings. The smallest absolute Gasteiger partial charge is 0.329 e. The molecule has 4 atom stereocenters. The summed E-state index contributed by atoms with van der Waals surface area (Å²) in [6.07, 6.45) is -7.67. The molecule has 0 bridgehead atoms. The van der Waals surface area contributed by atoms with Crippen molar-refractivity contribution in [1.29, 1.82) is 0 Å². The van der Waals surface area contributed by atoms with Gasteiger partial charge < -0.3 is 54.1 Å². The van der Waals surface area contributed by atoms with Gasteiger partial charge >= 0.3 is 30.4 Å². The van der Waals surface area contributed by atoms with Gasteiger partial charge in [0.15, 0.2) is 0 Å². The van der Waals surface area contributed by atoms with Crippen molar-refractivity contribution in [2.24, 2.45) is 0 Å². The van der Waals surface area contributed by atoms with Gasteiger partial charge in [0, 0.05) is 0 Å². The highest BCUT2D eigenvalue weighted by Crippen LogP contribution is 2.55. The fraction of sp³-hybridized carbons (Fsp3) is 1.00. The molecule has 10 N–H and O–H groups in total. The van der Waals surface area contributed by atoms with Crippen LogP contribution in [-0.2, 0) is 23.0 Å². The third kappa shape index (κ3) is 13.1. The van der Waals surface area contributed by atoms with Gasteiger partial charge in [0.25, 0.3) is 0 Å². The van der Waals surface area contributed by atoms with Gasteiger partial charge in [0.05, 0.1) is 48.1 Å². The Hall–Kier alpha value is 0.480. The first-order chi connectivity index (χ1) is 13.5. The first-order valence-corrected chi connectivity index (χ1v) is 15.6. The van der Waals surface area contributed by atoms with E-state index in [1.807, 2.05) is 0 Å². The molecule has 0 aromatic heterocycles. The van der Waals surface area contributed by atoms with Crippen molar-refractivity contribution in [1.82, 2.24) is 0 Å². The predicted octanol–water partition coefficient (Wildman–Crippen LogP) is -1.27. The summed E-state index contributed by atoms with van der Waals surface area (Å²) in [5.41, 5.74) is -6.97. The zero-order valence-electron chi connectivity index (χ0n) is 16.6. The van der Waals surface area contributed by atoms with Crippen LogP contribution >= 0.6 is 30.4 Å². The first kappa shape index (κ1) is 31.5. The van der Waals surface area contributed by atoms with Crippen LogP contribution in [0.4, 0.5) is 0 Å². The van der Waals surface area contributed by atoms with E-state index in [9.17, 15) is 48.0 Å². The van der Waals surface area contributed by atoms with Crippen LogP contribution in [0.5, 0.6) is 0 Å². The van der Waals surface area contributed by atoms with E-state index in [1.165, 1.54) is 6.92 Å². The van der Waals surface area contributed by atoms with Crippen molar-refractivity contribution in [2.75, 3.05) is 18.9 Å². The SMILES string of the molecule is CC(O)COC(C)C(O)(CC(CP(=O)(O)O)P(=O)(O)O)CC(CP(=O)(O)O)P(=O)(O)O. The monoisotopic (exact) mass is 538 g/mol. The lowest BCUT2D eigenvalue weighted by Crippen LogP contribution is -2.48. The summed E-state index contributed by atoms with van der Waals surface area (Å²) in [6.45, 7) is 1.94. The Morgan fingerprint density at radius 1 is 0.742 bits per heavy atom. The molecule has 0 saturated carbocycles. The van der Waals surface area contributed by atoms with E-state index in [4.69, 9.17) is 24.3 Å². The van der Waals surface area contributed by atoms with Gasteiger partial charge in [-0.1, -0.05) is 0 Å². The van der Waals surface area contributed by atoms with Gasteiger partial charge in [-0.3, -0.25) is 18.3 Å². The van der Waals surface area contributed by atoms with Crippen LogP contribution in [-0.4, -0.2) is 97.4 Å². The quantitative estimate of drug-likeness (QED) is 0.115. The molecule has 0 amide bonds. The zero-order valence-corrected chi connectivity index (χ0v) is 20.2. The number of ether oxygens (including phenoxy) is 1. The Kier molecular flexibility index (Phi) is 11.4. The van der Waals surface area contributed by atoms with Gasteiger partial charge in [-0.15, -0.1) is 0 Å². The minimum Gasteiger partial charge on any atom is -0.391 e. The maximum atomic E-state index is 11.8. The predicted molar refractivity (Wildman–Crippen MR) is 107 cm³/mol. The summed E-state index contributed by atoms with van der Waals surface area (Å²) in [6, 6.07) is 0. The highest BCUT2D eigenvalue weighted by atomic mass is 31.2. The van der Waals surface area contributed by atoms with Gasteiger partial charge in [0.2, 0.25) is 0 Å². The summed E-state index contributed by atoms with van der Waals surface area (Å²) in [5, 5.41) is 20.4. The van der Waals surface area contributed by atoms with Crippen molar-refractivity contribution in [3.05, 3.63) is 0 Å². The zero-order chi connectivity index (χ0) is 25.1. The summed E-state index contributed by atoms with van der Waals surface area (Å²) in [5.74, 6) is 0. The van der Waals surface area contributed by atoms with Crippen LogP contribution in [0.1, 0.15) is 26.7 Å². The Bertz CT molecular complexity index is 708. The summed E-state index contributed by atoms with van der Waals surface area (Å²) in [4.78, 5) is 74.4. The second kappa shape index (κ2) is 11.3. The lowest BCUT2D eigenvalue weighted by molar-refractivity contribution is -0.122. The van der Waals surface area contributed by atoms with Crippen LogP contribution in [0.15, 0.2) is 0 Å². The van der Waals surface area contributed by atoms with Crippen molar-refractivity contribution in [3.8, 4) is 0 Å². The number of aliphatic hydroxyl groups is 2. The normalized spacial score (nSPS) is 20.0. The second-order valence-electron chi connectivity index (χ2n) is 7.52. The summed E-state index contributed by atoms with van der Waals surface area (Å²) in [7, 11) is -20.6. The number of aliphatic hydroxyl groups excluding tert-OH is 1. The maximum Gasteiger partial charge on any atom is 0.329 e. The van der Waals surface area contributed by atoms with Crippen LogP contribution < -0.4 is 0 Å². The number of hydrogen-bond acceptors (Lipinski definition) is 7. The molecule has 0 aromatic rings. The van der Waals surface area contributed by atoms with Crippen LogP contribution in [0.3, 0.4) is 0 Å². The molecule has 15 nitrogen and oxygen atoms in total. The van der Waals surface area contributed by atoms with E-state index < -0.39 is 91.3 Å². The molecule has 0 aliphatic rings. The second-order valence-corrected chi connectivity index (χ2v) is 14.7. The van der Waals surface area contributed by atoms with E-state index in [1.54, 1.807) is 0 Å². The van der Waals surface area contributed by atoms with Crippen LogP contribution in [0.2, 0.25) is 0 Å². The molecule has 0 saturated heterocycles. The minimum absolute atomic E-state index is 0.443. The Labute approximate surface area is 178 Å². The van der Waals surface area contributed by atoms with E-state index >= 15 is 0 Å². The molecule has 188 valence electrons. The molecule has 0 spiro atoms. The van der Waals surface area contributed by atoms with Gasteiger partial charge in [-0.05, 0) is 26.7 Å². The third-order valence-electron chi connectivity index (χ3n) is 4.37. The summed E-state index contributed by atoms with van der Waals surface area (Å²) >= 11 is 0. The topological polar surface area (TPSA) is 280 Å². The lowest BCUT2D eigenvalue weighted by Gasteiger charge is -2.39. The van der Waals surface area contributed by atoms with Crippen molar-refractivity contribution in [3.63, 3.8) is 0 Å². The molecule has 0 heterocycles. The molecule has 0 radical (unpaired) electrons. The van der Waals surface area contributed by atoms with Gasteiger partial charge in [-0.25, -0.2) is 0 Å². The standard InChI is InChI=1S/C12H30O15P4/c1-8(13)5-27-9(2)12(14,3-10(30(21,22)23)6-28(15,16)17)4-11(31(24,25)26)7-29(18,19)20/h8-11,13-14H,3-7H2,1-2H3,(H2,15,16,17)(H2,18,19,20)(H2,21,22,23)(H2,24,25,26). The van der Waals surface area contributed by atoms with E-state index in [-0.39, 0.29) is 0 Å². The average molecular weight is 538 g/mol. The van der Waals surface area contributed by atoms with Gasteiger partial charge in [-0.2, -0.15) is 0 Å². The van der Waals surface area contributed by atoms with Crippen LogP contribution in [0.25, 0.3) is 0 Å². The summed E-state index contributed by atoms with van der Waals surface area (Å²) < 4.78 is 51.3. The average Bonchev–Trinajstić information content (AvgIpc) is 2.46. The van der Waals surface area contributed by atoms with Crippen molar-refractivity contribution >= 4 is 30.4 Å². The lowest BCUT2D eigenvalue weighted by atomic mass is 9.87. The van der Waals surface area contributed by atoms with Crippen molar-refractivity contribution < 1.29 is 72.4 Å². The maximum absolute atomic E-state index is 11.8. The molecule has 31 heavy (non-hydrogen) atoms. The van der Waals surface area contributed by atoms with E-state index in [0.717, 1.165) is 6.92 Å². The molecular weight excluding hydrogens is 508 g/mol. The fourth-order valence-electron chi connectivity index (χ4n) is 2.80. The van der Waals surface area contributed by atoms with Crippen molar-refractivity contribution in [2.45, 2.75) is 55.8 Å². The van der Waals surface area contributed by atoms with Crippen LogP contribution in [0, 0.1) is 0 Å². The van der Waals surface area contributed by atoms with E-state index in [2.05, 4.69) is 0 Å². The fourth-order valence-corrected chi connectivity index (χ4v) is 8.24. The van der Waals surface area contributed by atoms with E-state index in [0.29, 0.717) is 0 Å². The molecule has 4 unspecified atom stereocenters. The molecule has 0 aliphatic carbocycles. The highest BCUT2D eigenvalue weighted by molar-refractivity contribution is 7.57. The molecule has 0 rings (SSSR count). The molecule has 0 aromatic carbocycles. The largest absolute Gasteiger partial charge is 0.391 e. The first-order valence-electron chi connectivity index (χ1n) is 8.68. The Balaban J connectivity index is 6.24. The highest BCUT2D eigenvalue weighted by Gasteiger charge is 2.49. The Morgan fingerprint density at radius 2 is 1.06 bits per heavy atom. The molecule has 19 heteroatoms. The number of hydrogen-bond donors (Lipinski definition) is 10. The number of rotatable bonds is 14.